The largest absolute Gasteiger partial charge is 0.369 e. The van der Waals surface area contributed by atoms with Crippen molar-refractivity contribution >= 4 is 40.7 Å². The molecule has 0 saturated heterocycles. The number of anilines is 1. The van der Waals surface area contributed by atoms with E-state index < -0.39 is 11.7 Å². The van der Waals surface area contributed by atoms with Crippen molar-refractivity contribution in [1.82, 2.24) is 9.55 Å². The number of nitrogens with zero attached hydrogens (tertiary/aromatic N) is 3. The summed E-state index contributed by atoms with van der Waals surface area (Å²) in [5.74, 6) is -0.825. The molecule has 0 unspecified atom stereocenters. The summed E-state index contributed by atoms with van der Waals surface area (Å²) in [6.45, 7) is 5.38. The van der Waals surface area contributed by atoms with E-state index in [1.165, 1.54) is 35.2 Å². The van der Waals surface area contributed by atoms with E-state index in [1.54, 1.807) is 30.5 Å². The zero-order chi connectivity index (χ0) is 22.7. The second-order valence-electron chi connectivity index (χ2n) is 6.83. The molecular formula is C21H20FN5O2S2. The van der Waals surface area contributed by atoms with Crippen molar-refractivity contribution in [2.75, 3.05) is 11.1 Å². The first kappa shape index (κ1) is 22.5. The number of benzene rings is 1. The van der Waals surface area contributed by atoms with Crippen molar-refractivity contribution in [3.63, 3.8) is 0 Å². The fourth-order valence-electron chi connectivity index (χ4n) is 3.08. The molecule has 2 aromatic heterocycles. The van der Waals surface area contributed by atoms with Crippen LogP contribution in [0.2, 0.25) is 0 Å². The van der Waals surface area contributed by atoms with Crippen LogP contribution in [0, 0.1) is 37.9 Å². The van der Waals surface area contributed by atoms with Crippen molar-refractivity contribution in [2.24, 2.45) is 5.73 Å². The molecule has 3 N–H and O–H groups in total. The lowest BCUT2D eigenvalue weighted by atomic mass is 10.2. The Morgan fingerprint density at radius 3 is 2.74 bits per heavy atom. The van der Waals surface area contributed by atoms with E-state index >= 15 is 0 Å². The van der Waals surface area contributed by atoms with Crippen LogP contribution < -0.4 is 11.1 Å². The van der Waals surface area contributed by atoms with Crippen molar-refractivity contribution in [3.8, 4) is 11.8 Å². The number of thiazole rings is 1. The Balaban J connectivity index is 1.82. The van der Waals surface area contributed by atoms with E-state index in [9.17, 15) is 19.2 Å². The molecule has 7 nitrogen and oxygen atoms in total. The van der Waals surface area contributed by atoms with Crippen LogP contribution in [-0.2, 0) is 16.0 Å². The van der Waals surface area contributed by atoms with Crippen molar-refractivity contribution in [2.45, 2.75) is 31.5 Å². The summed E-state index contributed by atoms with van der Waals surface area (Å²) >= 11 is 2.55. The molecule has 31 heavy (non-hydrogen) atoms. The number of thioether (sulfide) groups is 1. The molecule has 0 aliphatic heterocycles. The van der Waals surface area contributed by atoms with E-state index in [-0.39, 0.29) is 18.1 Å². The molecule has 0 bridgehead atoms. The van der Waals surface area contributed by atoms with Crippen LogP contribution >= 0.6 is 23.1 Å². The Bertz CT molecular complexity index is 1210. The van der Waals surface area contributed by atoms with Gasteiger partial charge in [0.15, 0.2) is 4.34 Å². The molecule has 0 fully saturated rings. The second kappa shape index (κ2) is 9.32. The van der Waals surface area contributed by atoms with Gasteiger partial charge in [-0.2, -0.15) is 5.26 Å². The number of nitriles is 1. The summed E-state index contributed by atoms with van der Waals surface area (Å²) in [6, 6.07) is 8.08. The van der Waals surface area contributed by atoms with Crippen LogP contribution in [0.25, 0.3) is 5.69 Å². The number of aryl methyl sites for hydroxylation is 1. The SMILES string of the molecule is Cc1nc(SCC(=O)Nc2c(C#N)c(C)c(C)n2-c2cccc(F)c2)sc1CC(N)=O. The second-order valence-corrected chi connectivity index (χ2v) is 9.14. The van der Waals surface area contributed by atoms with Crippen LogP contribution in [0.15, 0.2) is 28.6 Å². The van der Waals surface area contributed by atoms with Crippen LogP contribution in [0.3, 0.4) is 0 Å². The average molecular weight is 458 g/mol. The highest BCUT2D eigenvalue weighted by molar-refractivity contribution is 8.01. The highest BCUT2D eigenvalue weighted by Gasteiger charge is 2.21. The molecule has 3 aromatic rings. The Hall–Kier alpha value is -3.16. The third kappa shape index (κ3) is 4.95. The quantitative estimate of drug-likeness (QED) is 0.526. The lowest BCUT2D eigenvalue weighted by Gasteiger charge is -2.13. The normalized spacial score (nSPS) is 10.7. The van der Waals surface area contributed by atoms with E-state index in [2.05, 4.69) is 16.4 Å². The number of carbonyl (C=O) groups is 2. The van der Waals surface area contributed by atoms with Gasteiger partial charge in [0.2, 0.25) is 11.8 Å². The number of rotatable bonds is 7. The van der Waals surface area contributed by atoms with Gasteiger partial charge in [-0.3, -0.25) is 14.2 Å². The van der Waals surface area contributed by atoms with Crippen molar-refractivity contribution in [1.29, 1.82) is 5.26 Å². The third-order valence-corrected chi connectivity index (χ3v) is 6.98. The molecule has 1 aromatic carbocycles. The maximum absolute atomic E-state index is 13.8. The maximum Gasteiger partial charge on any atom is 0.235 e. The van der Waals surface area contributed by atoms with Gasteiger partial charge in [-0.25, -0.2) is 9.37 Å². The average Bonchev–Trinajstić information content (AvgIpc) is 3.16. The van der Waals surface area contributed by atoms with Crippen LogP contribution in [0.4, 0.5) is 10.2 Å². The summed E-state index contributed by atoms with van der Waals surface area (Å²) in [6.07, 6.45) is 0.113. The number of aromatic nitrogens is 2. The first-order chi connectivity index (χ1) is 14.7. The summed E-state index contributed by atoms with van der Waals surface area (Å²) in [5.41, 5.74) is 8.23. The minimum atomic E-state index is -0.436. The van der Waals surface area contributed by atoms with Crippen LogP contribution in [0.1, 0.15) is 27.4 Å². The van der Waals surface area contributed by atoms with Crippen molar-refractivity contribution in [3.05, 3.63) is 57.5 Å². The van der Waals surface area contributed by atoms with Gasteiger partial charge in [-0.1, -0.05) is 17.8 Å². The Kier molecular flexibility index (Phi) is 6.77. The first-order valence-electron chi connectivity index (χ1n) is 9.26. The number of hydrogen-bond donors (Lipinski definition) is 2. The zero-order valence-corrected chi connectivity index (χ0v) is 18.8. The summed E-state index contributed by atoms with van der Waals surface area (Å²) in [7, 11) is 0. The van der Waals surface area contributed by atoms with E-state index in [4.69, 9.17) is 5.73 Å². The summed E-state index contributed by atoms with van der Waals surface area (Å²) < 4.78 is 16.1. The van der Waals surface area contributed by atoms with Gasteiger partial charge in [0.05, 0.1) is 29.1 Å². The van der Waals surface area contributed by atoms with Crippen LogP contribution in [-0.4, -0.2) is 27.1 Å². The summed E-state index contributed by atoms with van der Waals surface area (Å²) in [4.78, 5) is 28.9. The molecule has 0 aliphatic rings. The molecule has 2 amide bonds. The minimum Gasteiger partial charge on any atom is -0.369 e. The Morgan fingerprint density at radius 2 is 2.10 bits per heavy atom. The predicted molar refractivity (Wildman–Crippen MR) is 119 cm³/mol. The molecule has 0 spiro atoms. The molecule has 0 saturated carbocycles. The number of nitrogens with two attached hydrogens (primary N) is 1. The van der Waals surface area contributed by atoms with E-state index in [1.807, 2.05) is 6.92 Å². The molecule has 0 atom stereocenters. The van der Waals surface area contributed by atoms with Gasteiger partial charge in [0, 0.05) is 10.6 Å². The lowest BCUT2D eigenvalue weighted by molar-refractivity contribution is -0.117. The molecule has 3 rings (SSSR count). The molecular weight excluding hydrogens is 437 g/mol. The predicted octanol–water partition coefficient (Wildman–Crippen LogP) is 3.63. The van der Waals surface area contributed by atoms with E-state index in [0.29, 0.717) is 32.7 Å². The Morgan fingerprint density at radius 1 is 1.35 bits per heavy atom. The van der Waals surface area contributed by atoms with Gasteiger partial charge in [-0.05, 0) is 44.5 Å². The number of nitrogens with one attached hydrogen (secondary N) is 1. The molecule has 0 radical (unpaired) electrons. The van der Waals surface area contributed by atoms with Gasteiger partial charge in [0.1, 0.15) is 17.7 Å². The van der Waals surface area contributed by atoms with Crippen LogP contribution in [0.5, 0.6) is 0 Å². The van der Waals surface area contributed by atoms with Gasteiger partial charge in [0.25, 0.3) is 0 Å². The van der Waals surface area contributed by atoms with Gasteiger partial charge < -0.3 is 11.1 Å². The molecule has 10 heteroatoms. The fraction of sp³-hybridized carbons (Fsp3) is 0.238. The topological polar surface area (TPSA) is 114 Å². The number of primary amides is 1. The summed E-state index contributed by atoms with van der Waals surface area (Å²) in [5, 5.41) is 12.4. The monoisotopic (exact) mass is 457 g/mol. The highest BCUT2D eigenvalue weighted by Crippen LogP contribution is 2.31. The highest BCUT2D eigenvalue weighted by atomic mass is 32.2. The lowest BCUT2D eigenvalue weighted by Crippen LogP contribution is -2.17. The number of hydrogen-bond acceptors (Lipinski definition) is 6. The van der Waals surface area contributed by atoms with Gasteiger partial charge in [-0.15, -0.1) is 11.3 Å². The standard InChI is InChI=1S/C21H20FN5O2S2/c1-11-13(3)27(15-6-4-5-14(22)7-15)20(16(11)9-23)26-19(29)10-30-21-25-12(2)17(31-21)8-18(24)28/h4-7H,8,10H2,1-3H3,(H2,24,28)(H,26,29). The molecule has 2 heterocycles. The number of amides is 2. The fourth-order valence-corrected chi connectivity index (χ4v) is 5.12. The molecule has 0 aliphatic carbocycles. The number of halogens is 1. The van der Waals surface area contributed by atoms with E-state index in [0.717, 1.165) is 10.6 Å². The zero-order valence-electron chi connectivity index (χ0n) is 17.2. The minimum absolute atomic E-state index is 0.0558. The van der Waals surface area contributed by atoms with Gasteiger partial charge >= 0.3 is 0 Å². The maximum atomic E-state index is 13.8. The number of carbonyl (C=O) groups excluding carboxylic acids is 2. The smallest absolute Gasteiger partial charge is 0.235 e. The Labute approximate surface area is 187 Å². The third-order valence-electron chi connectivity index (χ3n) is 4.68. The molecule has 160 valence electrons. The van der Waals surface area contributed by atoms with Crippen molar-refractivity contribution < 1.29 is 14.0 Å². The first-order valence-corrected chi connectivity index (χ1v) is 11.1.